The van der Waals surface area contributed by atoms with E-state index in [-0.39, 0.29) is 34.7 Å². The summed E-state index contributed by atoms with van der Waals surface area (Å²) in [7, 11) is 2.72. The molecule has 11 heteroatoms. The minimum absolute atomic E-state index is 0.0311. The van der Waals surface area contributed by atoms with E-state index in [2.05, 4.69) is 20.0 Å². The van der Waals surface area contributed by atoms with Gasteiger partial charge in [0, 0.05) is 10.9 Å². The Morgan fingerprint density at radius 2 is 2.00 bits per heavy atom. The Morgan fingerprint density at radius 3 is 2.66 bits per heavy atom. The lowest BCUT2D eigenvalue weighted by Crippen LogP contribution is -2.33. The second-order valence-electron chi connectivity index (χ2n) is 7.36. The molecule has 2 heterocycles. The number of thiazole rings is 1. The third kappa shape index (κ3) is 4.67. The van der Waals surface area contributed by atoms with Crippen LogP contribution in [0, 0.1) is 5.92 Å². The second-order valence-corrected chi connectivity index (χ2v) is 8.22. The standard InChI is InChI=1S/C21H24N4O6S/c1-11(2)9-14(17(26)24-20-22-13(10-32-20)19(28)31-4)25-18(27)16(23-21(25)29)12-7-5-6-8-15(12)30-3/h5-8,10-11,14,27H,9H2,1-4H3,(H,23,29)(H,22,24,26)/t14-/m0/s1. The highest BCUT2D eigenvalue weighted by Gasteiger charge is 2.30. The summed E-state index contributed by atoms with van der Waals surface area (Å²) < 4.78 is 11.0. The molecule has 3 N–H and O–H groups in total. The van der Waals surface area contributed by atoms with Crippen LogP contribution in [-0.2, 0) is 9.53 Å². The number of H-pyrrole nitrogens is 1. The van der Waals surface area contributed by atoms with Crippen molar-refractivity contribution in [2.24, 2.45) is 5.92 Å². The molecule has 32 heavy (non-hydrogen) atoms. The van der Waals surface area contributed by atoms with Gasteiger partial charge < -0.3 is 24.9 Å². The number of esters is 1. The number of amides is 1. The quantitative estimate of drug-likeness (QED) is 0.440. The van der Waals surface area contributed by atoms with E-state index >= 15 is 0 Å². The number of carbonyl (C=O) groups is 2. The molecule has 1 amide bonds. The molecule has 10 nitrogen and oxygen atoms in total. The summed E-state index contributed by atoms with van der Waals surface area (Å²) in [6.07, 6.45) is 0.276. The highest BCUT2D eigenvalue weighted by molar-refractivity contribution is 7.14. The number of nitrogens with one attached hydrogen (secondary N) is 2. The predicted molar refractivity (Wildman–Crippen MR) is 119 cm³/mol. The molecule has 0 saturated carbocycles. The number of anilines is 1. The van der Waals surface area contributed by atoms with E-state index in [1.807, 2.05) is 13.8 Å². The highest BCUT2D eigenvalue weighted by atomic mass is 32.1. The van der Waals surface area contributed by atoms with E-state index in [1.165, 1.54) is 19.6 Å². The summed E-state index contributed by atoms with van der Waals surface area (Å²) in [5, 5.41) is 15.2. The Labute approximate surface area is 187 Å². The zero-order valence-corrected chi connectivity index (χ0v) is 18.9. The van der Waals surface area contributed by atoms with E-state index < -0.39 is 23.6 Å². The summed E-state index contributed by atoms with van der Waals surface area (Å²) >= 11 is 1.05. The molecular weight excluding hydrogens is 436 g/mol. The third-order valence-electron chi connectivity index (χ3n) is 4.72. The molecule has 2 aromatic heterocycles. The normalized spacial score (nSPS) is 11.9. The fraction of sp³-hybridized carbons (Fsp3) is 0.333. The van der Waals surface area contributed by atoms with Crippen molar-refractivity contribution in [2.75, 3.05) is 19.5 Å². The Kier molecular flexibility index (Phi) is 6.98. The van der Waals surface area contributed by atoms with E-state index in [0.29, 0.717) is 11.3 Å². The van der Waals surface area contributed by atoms with Gasteiger partial charge in [0.1, 0.15) is 17.5 Å². The summed E-state index contributed by atoms with van der Waals surface area (Å²) in [5.74, 6) is -1.06. The minimum Gasteiger partial charge on any atom is -0.496 e. The van der Waals surface area contributed by atoms with Crippen molar-refractivity contribution in [1.82, 2.24) is 14.5 Å². The number of ether oxygens (including phenoxy) is 2. The number of carbonyl (C=O) groups excluding carboxylic acids is 2. The number of imidazole rings is 1. The van der Waals surface area contributed by atoms with Crippen LogP contribution in [0.1, 0.15) is 36.8 Å². The molecule has 0 spiro atoms. The lowest BCUT2D eigenvalue weighted by atomic mass is 10.0. The largest absolute Gasteiger partial charge is 0.496 e. The topological polar surface area (TPSA) is 136 Å². The number of hydrogen-bond donors (Lipinski definition) is 3. The number of methoxy groups -OCH3 is 2. The van der Waals surface area contributed by atoms with Gasteiger partial charge in [-0.1, -0.05) is 26.0 Å². The fourth-order valence-electron chi connectivity index (χ4n) is 3.26. The monoisotopic (exact) mass is 460 g/mol. The fourth-order valence-corrected chi connectivity index (χ4v) is 3.94. The Bertz CT molecular complexity index is 1180. The van der Waals surface area contributed by atoms with Gasteiger partial charge in [-0.2, -0.15) is 0 Å². The number of aromatic nitrogens is 3. The van der Waals surface area contributed by atoms with Gasteiger partial charge in [-0.05, 0) is 24.5 Å². The van der Waals surface area contributed by atoms with Crippen molar-refractivity contribution >= 4 is 28.3 Å². The minimum atomic E-state index is -1.02. The van der Waals surface area contributed by atoms with Crippen LogP contribution in [0.4, 0.5) is 5.13 Å². The number of benzene rings is 1. The van der Waals surface area contributed by atoms with Crippen LogP contribution in [0.25, 0.3) is 11.3 Å². The number of hydrogen-bond acceptors (Lipinski definition) is 8. The maximum Gasteiger partial charge on any atom is 0.357 e. The molecule has 170 valence electrons. The van der Waals surface area contributed by atoms with Crippen molar-refractivity contribution in [3.05, 3.63) is 45.8 Å². The molecular formula is C21H24N4O6S. The molecule has 0 fully saturated rings. The number of rotatable bonds is 8. The maximum absolute atomic E-state index is 13.1. The average Bonchev–Trinajstić information content (AvgIpc) is 3.35. The van der Waals surface area contributed by atoms with E-state index in [9.17, 15) is 19.5 Å². The van der Waals surface area contributed by atoms with Gasteiger partial charge in [0.15, 0.2) is 10.8 Å². The van der Waals surface area contributed by atoms with Gasteiger partial charge in [-0.25, -0.2) is 14.6 Å². The first-order chi connectivity index (χ1) is 15.3. The van der Waals surface area contributed by atoms with Crippen LogP contribution >= 0.6 is 11.3 Å². The zero-order chi connectivity index (χ0) is 23.4. The molecule has 1 atom stereocenters. The lowest BCUT2D eigenvalue weighted by Gasteiger charge is -2.19. The van der Waals surface area contributed by atoms with Gasteiger partial charge in [-0.15, -0.1) is 11.3 Å². The van der Waals surface area contributed by atoms with Crippen molar-refractivity contribution in [3.8, 4) is 22.9 Å². The number of aromatic hydroxyl groups is 1. The van der Waals surface area contributed by atoms with E-state index in [1.54, 1.807) is 24.3 Å². The molecule has 0 bridgehead atoms. The molecule has 0 saturated heterocycles. The van der Waals surface area contributed by atoms with E-state index in [4.69, 9.17) is 4.74 Å². The second kappa shape index (κ2) is 9.69. The molecule has 3 aromatic rings. The summed E-state index contributed by atoms with van der Waals surface area (Å²) in [4.78, 5) is 44.2. The SMILES string of the molecule is COC(=O)c1csc(NC(=O)[C@H](CC(C)C)n2c(O)c(-c3ccccc3OC)[nH]c2=O)n1. The predicted octanol–water partition coefficient (Wildman–Crippen LogP) is 3.03. The van der Waals surface area contributed by atoms with E-state index in [0.717, 1.165) is 15.9 Å². The molecule has 0 aliphatic rings. The van der Waals surface area contributed by atoms with Crippen LogP contribution in [0.3, 0.4) is 0 Å². The van der Waals surface area contributed by atoms with Crippen LogP contribution in [-0.4, -0.2) is 45.7 Å². The van der Waals surface area contributed by atoms with Gasteiger partial charge in [-0.3, -0.25) is 9.36 Å². The van der Waals surface area contributed by atoms with Crippen molar-refractivity contribution in [3.63, 3.8) is 0 Å². The third-order valence-corrected chi connectivity index (χ3v) is 5.47. The highest BCUT2D eigenvalue weighted by Crippen LogP contribution is 2.35. The number of nitrogens with zero attached hydrogens (tertiary/aromatic N) is 2. The summed E-state index contributed by atoms with van der Waals surface area (Å²) in [5.41, 5.74) is 0.0536. The average molecular weight is 461 g/mol. The number of aromatic amines is 1. The molecule has 0 radical (unpaired) electrons. The molecule has 1 aromatic carbocycles. The van der Waals surface area contributed by atoms with Crippen LogP contribution in [0.15, 0.2) is 34.4 Å². The lowest BCUT2D eigenvalue weighted by molar-refractivity contribution is -0.119. The van der Waals surface area contributed by atoms with Gasteiger partial charge >= 0.3 is 11.7 Å². The van der Waals surface area contributed by atoms with Crippen LogP contribution in [0.2, 0.25) is 0 Å². The van der Waals surface area contributed by atoms with Crippen molar-refractivity contribution in [1.29, 1.82) is 0 Å². The molecule has 3 rings (SSSR count). The van der Waals surface area contributed by atoms with Crippen LogP contribution < -0.4 is 15.7 Å². The smallest absolute Gasteiger partial charge is 0.357 e. The Morgan fingerprint density at radius 1 is 1.28 bits per heavy atom. The van der Waals surface area contributed by atoms with Gasteiger partial charge in [0.05, 0.1) is 14.2 Å². The summed E-state index contributed by atoms with van der Waals surface area (Å²) in [6, 6.07) is 5.87. The molecule has 0 unspecified atom stereocenters. The Balaban J connectivity index is 1.98. The first-order valence-corrected chi connectivity index (χ1v) is 10.7. The van der Waals surface area contributed by atoms with Gasteiger partial charge in [0.2, 0.25) is 11.8 Å². The summed E-state index contributed by atoms with van der Waals surface area (Å²) in [6.45, 7) is 3.80. The maximum atomic E-state index is 13.1. The molecule has 0 aliphatic heterocycles. The molecule has 0 aliphatic carbocycles. The van der Waals surface area contributed by atoms with Gasteiger partial charge in [0.25, 0.3) is 0 Å². The Hall–Kier alpha value is -3.60. The zero-order valence-electron chi connectivity index (χ0n) is 18.0. The van der Waals surface area contributed by atoms with Crippen molar-refractivity contribution in [2.45, 2.75) is 26.3 Å². The first-order valence-electron chi connectivity index (χ1n) is 9.78. The van der Waals surface area contributed by atoms with Crippen LogP contribution in [0.5, 0.6) is 11.6 Å². The van der Waals surface area contributed by atoms with Crippen molar-refractivity contribution < 1.29 is 24.2 Å². The number of para-hydroxylation sites is 1. The first kappa shape index (κ1) is 23.1.